The SMILES string of the molecule is CCCC(N)=NCc1ccnc(OC)c1. The molecule has 0 atom stereocenters. The van der Waals surface area contributed by atoms with Gasteiger partial charge in [-0.25, -0.2) is 4.98 Å². The van der Waals surface area contributed by atoms with E-state index in [1.165, 1.54) is 0 Å². The zero-order chi connectivity index (χ0) is 11.1. The van der Waals surface area contributed by atoms with E-state index in [0.29, 0.717) is 18.3 Å². The molecular weight excluding hydrogens is 190 g/mol. The Kier molecular flexibility index (Phi) is 4.60. The van der Waals surface area contributed by atoms with Crippen LogP contribution < -0.4 is 10.5 Å². The molecule has 1 aromatic heterocycles. The summed E-state index contributed by atoms with van der Waals surface area (Å²) in [6.07, 6.45) is 3.58. The minimum absolute atomic E-state index is 0.588. The summed E-state index contributed by atoms with van der Waals surface area (Å²) < 4.78 is 5.02. The normalized spacial score (nSPS) is 11.5. The molecule has 4 heteroatoms. The number of nitrogens with zero attached hydrogens (tertiary/aromatic N) is 2. The van der Waals surface area contributed by atoms with Gasteiger partial charge < -0.3 is 10.5 Å². The highest BCUT2D eigenvalue weighted by molar-refractivity contribution is 5.80. The molecule has 0 unspecified atom stereocenters. The molecule has 0 aromatic carbocycles. The molecule has 2 N–H and O–H groups in total. The number of rotatable bonds is 5. The lowest BCUT2D eigenvalue weighted by Gasteiger charge is -2.01. The van der Waals surface area contributed by atoms with E-state index < -0.39 is 0 Å². The van der Waals surface area contributed by atoms with E-state index in [2.05, 4.69) is 16.9 Å². The monoisotopic (exact) mass is 207 g/mol. The van der Waals surface area contributed by atoms with Crippen LogP contribution in [-0.4, -0.2) is 17.9 Å². The van der Waals surface area contributed by atoms with E-state index in [9.17, 15) is 0 Å². The minimum atomic E-state index is 0.588. The zero-order valence-electron chi connectivity index (χ0n) is 9.23. The highest BCUT2D eigenvalue weighted by atomic mass is 16.5. The summed E-state index contributed by atoms with van der Waals surface area (Å²) in [5.74, 6) is 1.31. The number of methoxy groups -OCH3 is 1. The van der Waals surface area contributed by atoms with E-state index in [4.69, 9.17) is 10.5 Å². The van der Waals surface area contributed by atoms with E-state index in [-0.39, 0.29) is 0 Å². The van der Waals surface area contributed by atoms with Crippen LogP contribution in [0.2, 0.25) is 0 Å². The Morgan fingerprint density at radius 3 is 3.07 bits per heavy atom. The number of nitrogens with two attached hydrogens (primary N) is 1. The van der Waals surface area contributed by atoms with Gasteiger partial charge in [-0.2, -0.15) is 0 Å². The largest absolute Gasteiger partial charge is 0.481 e. The number of pyridine rings is 1. The minimum Gasteiger partial charge on any atom is -0.481 e. The van der Waals surface area contributed by atoms with E-state index in [0.717, 1.165) is 18.4 Å². The van der Waals surface area contributed by atoms with E-state index in [1.807, 2.05) is 12.1 Å². The maximum Gasteiger partial charge on any atom is 0.213 e. The third kappa shape index (κ3) is 3.97. The third-order valence-corrected chi connectivity index (χ3v) is 1.98. The van der Waals surface area contributed by atoms with Crippen molar-refractivity contribution < 1.29 is 4.74 Å². The van der Waals surface area contributed by atoms with Crippen molar-refractivity contribution in [2.45, 2.75) is 26.3 Å². The topological polar surface area (TPSA) is 60.5 Å². The van der Waals surface area contributed by atoms with Crippen molar-refractivity contribution in [2.75, 3.05) is 7.11 Å². The van der Waals surface area contributed by atoms with Gasteiger partial charge in [0.15, 0.2) is 0 Å². The first-order valence-electron chi connectivity index (χ1n) is 5.04. The molecule has 0 radical (unpaired) electrons. The number of ether oxygens (including phenoxy) is 1. The summed E-state index contributed by atoms with van der Waals surface area (Å²) in [5, 5.41) is 0. The molecule has 1 aromatic rings. The quantitative estimate of drug-likeness (QED) is 0.591. The summed E-state index contributed by atoms with van der Waals surface area (Å²) in [6, 6.07) is 3.77. The summed E-state index contributed by atoms with van der Waals surface area (Å²) in [6.45, 7) is 2.67. The second-order valence-corrected chi connectivity index (χ2v) is 3.26. The van der Waals surface area contributed by atoms with Gasteiger partial charge in [-0.05, 0) is 18.1 Å². The van der Waals surface area contributed by atoms with Gasteiger partial charge in [-0.1, -0.05) is 6.92 Å². The van der Waals surface area contributed by atoms with Crippen LogP contribution in [0.25, 0.3) is 0 Å². The van der Waals surface area contributed by atoms with Crippen LogP contribution in [-0.2, 0) is 6.54 Å². The molecule has 0 bridgehead atoms. The molecule has 0 saturated heterocycles. The first kappa shape index (κ1) is 11.5. The Morgan fingerprint density at radius 1 is 1.60 bits per heavy atom. The van der Waals surface area contributed by atoms with Gasteiger partial charge in [-0.15, -0.1) is 0 Å². The second-order valence-electron chi connectivity index (χ2n) is 3.26. The lowest BCUT2D eigenvalue weighted by atomic mass is 10.2. The Morgan fingerprint density at radius 2 is 2.40 bits per heavy atom. The number of amidine groups is 1. The molecule has 1 heterocycles. The van der Waals surface area contributed by atoms with Crippen LogP contribution in [0, 0.1) is 0 Å². The fourth-order valence-corrected chi connectivity index (χ4v) is 1.19. The fraction of sp³-hybridized carbons (Fsp3) is 0.455. The third-order valence-electron chi connectivity index (χ3n) is 1.98. The molecule has 0 fully saturated rings. The Labute approximate surface area is 90.2 Å². The molecular formula is C11H17N3O. The van der Waals surface area contributed by atoms with Crippen LogP contribution >= 0.6 is 0 Å². The maximum absolute atomic E-state index is 5.71. The Bertz CT molecular complexity index is 336. The molecule has 1 rings (SSSR count). The maximum atomic E-state index is 5.71. The first-order valence-corrected chi connectivity index (χ1v) is 5.04. The van der Waals surface area contributed by atoms with Crippen LogP contribution in [0.1, 0.15) is 25.3 Å². The summed E-state index contributed by atoms with van der Waals surface area (Å²) in [5.41, 5.74) is 6.76. The lowest BCUT2D eigenvalue weighted by molar-refractivity contribution is 0.397. The van der Waals surface area contributed by atoms with Crippen LogP contribution in [0.3, 0.4) is 0 Å². The van der Waals surface area contributed by atoms with Gasteiger partial charge in [0.05, 0.1) is 19.5 Å². The molecule has 0 aliphatic carbocycles. The predicted molar refractivity (Wildman–Crippen MR) is 61.0 cm³/mol. The van der Waals surface area contributed by atoms with Crippen molar-refractivity contribution in [1.29, 1.82) is 0 Å². The van der Waals surface area contributed by atoms with Crippen molar-refractivity contribution >= 4 is 5.84 Å². The van der Waals surface area contributed by atoms with Crippen molar-refractivity contribution in [2.24, 2.45) is 10.7 Å². The summed E-state index contributed by atoms with van der Waals surface area (Å²) >= 11 is 0. The van der Waals surface area contributed by atoms with E-state index >= 15 is 0 Å². The predicted octanol–water partition coefficient (Wildman–Crippen LogP) is 1.75. The molecule has 0 aliphatic heterocycles. The molecule has 4 nitrogen and oxygen atoms in total. The van der Waals surface area contributed by atoms with Crippen LogP contribution in [0.4, 0.5) is 0 Å². The standard InChI is InChI=1S/C11H17N3O/c1-3-4-10(12)14-8-9-5-6-13-11(7-9)15-2/h5-7H,3-4,8H2,1-2H3,(H2,12,14). The fourth-order valence-electron chi connectivity index (χ4n) is 1.19. The van der Waals surface area contributed by atoms with Crippen molar-refractivity contribution in [3.8, 4) is 5.88 Å². The average Bonchev–Trinajstić information content (AvgIpc) is 2.27. The summed E-state index contributed by atoms with van der Waals surface area (Å²) in [7, 11) is 1.60. The van der Waals surface area contributed by atoms with Crippen molar-refractivity contribution in [1.82, 2.24) is 4.98 Å². The van der Waals surface area contributed by atoms with Crippen molar-refractivity contribution in [3.63, 3.8) is 0 Å². The van der Waals surface area contributed by atoms with Crippen LogP contribution in [0.5, 0.6) is 5.88 Å². The highest BCUT2D eigenvalue weighted by Gasteiger charge is 1.96. The lowest BCUT2D eigenvalue weighted by Crippen LogP contribution is -2.11. The Balaban J connectivity index is 2.60. The molecule has 0 aliphatic rings. The van der Waals surface area contributed by atoms with Gasteiger partial charge in [0.1, 0.15) is 0 Å². The van der Waals surface area contributed by atoms with Crippen LogP contribution in [0.15, 0.2) is 23.3 Å². The van der Waals surface area contributed by atoms with E-state index in [1.54, 1.807) is 13.3 Å². The molecule has 0 amide bonds. The number of aromatic nitrogens is 1. The zero-order valence-corrected chi connectivity index (χ0v) is 9.23. The number of hydrogen-bond acceptors (Lipinski definition) is 3. The average molecular weight is 207 g/mol. The number of aliphatic imine (C=N–C) groups is 1. The van der Waals surface area contributed by atoms with Gasteiger partial charge in [-0.3, -0.25) is 4.99 Å². The van der Waals surface area contributed by atoms with Gasteiger partial charge in [0.2, 0.25) is 5.88 Å². The second kappa shape index (κ2) is 6.01. The smallest absolute Gasteiger partial charge is 0.213 e. The molecule has 0 saturated carbocycles. The van der Waals surface area contributed by atoms with Gasteiger partial charge in [0.25, 0.3) is 0 Å². The van der Waals surface area contributed by atoms with Gasteiger partial charge in [0, 0.05) is 18.7 Å². The highest BCUT2D eigenvalue weighted by Crippen LogP contribution is 2.09. The van der Waals surface area contributed by atoms with Crippen molar-refractivity contribution in [3.05, 3.63) is 23.9 Å². The number of hydrogen-bond donors (Lipinski definition) is 1. The molecule has 0 spiro atoms. The Hall–Kier alpha value is -1.58. The first-order chi connectivity index (χ1) is 7.26. The summed E-state index contributed by atoms with van der Waals surface area (Å²) in [4.78, 5) is 8.29. The van der Waals surface area contributed by atoms with Gasteiger partial charge >= 0.3 is 0 Å². The molecule has 82 valence electrons. The molecule has 15 heavy (non-hydrogen) atoms.